The van der Waals surface area contributed by atoms with Gasteiger partial charge in [-0.15, -0.1) is 0 Å². The van der Waals surface area contributed by atoms with Crippen LogP contribution in [-0.2, 0) is 12.1 Å². The maximum atomic E-state index is 13.2. The molecule has 1 aliphatic heterocycles. The first-order valence-corrected chi connectivity index (χ1v) is 9.22. The molecule has 4 rings (SSSR count). The minimum atomic E-state index is -0.790. The number of nitrogens with zero attached hydrogens (tertiary/aromatic N) is 2. The van der Waals surface area contributed by atoms with Crippen molar-refractivity contribution in [2.75, 3.05) is 13.1 Å². The van der Waals surface area contributed by atoms with Gasteiger partial charge in [-0.25, -0.2) is 4.39 Å². The molecule has 1 unspecified atom stereocenters. The standard InChI is InChI=1S/C21H25FN2O/c22-20-3-1-19(2-4-20)21(25)9-5-18-15-24(12-8-17(18)13-21)14-16-6-10-23-11-7-16/h1-4,6-7,10-11,17-18,25H,5,8-9,12-15H2/t17-,18-,21?/m0/s1. The zero-order valence-electron chi connectivity index (χ0n) is 14.4. The van der Waals surface area contributed by atoms with Crippen LogP contribution in [-0.4, -0.2) is 28.1 Å². The van der Waals surface area contributed by atoms with Crippen molar-refractivity contribution in [1.29, 1.82) is 0 Å². The third-order valence-electron chi connectivity index (χ3n) is 6.04. The van der Waals surface area contributed by atoms with Crippen molar-refractivity contribution in [3.05, 3.63) is 65.7 Å². The Hall–Kier alpha value is -1.78. The lowest BCUT2D eigenvalue weighted by Gasteiger charge is -2.47. The van der Waals surface area contributed by atoms with Crippen molar-refractivity contribution < 1.29 is 9.50 Å². The Morgan fingerprint density at radius 2 is 1.84 bits per heavy atom. The maximum absolute atomic E-state index is 13.2. The largest absolute Gasteiger partial charge is 0.385 e. The third-order valence-corrected chi connectivity index (χ3v) is 6.04. The summed E-state index contributed by atoms with van der Waals surface area (Å²) in [6.07, 6.45) is 7.43. The van der Waals surface area contributed by atoms with Gasteiger partial charge in [0.25, 0.3) is 0 Å². The molecule has 0 amide bonds. The third kappa shape index (κ3) is 3.60. The minimum Gasteiger partial charge on any atom is -0.385 e. The van der Waals surface area contributed by atoms with Gasteiger partial charge in [0.2, 0.25) is 0 Å². The second kappa shape index (κ2) is 6.85. The van der Waals surface area contributed by atoms with Crippen molar-refractivity contribution >= 4 is 0 Å². The van der Waals surface area contributed by atoms with Crippen LogP contribution in [0.1, 0.15) is 36.8 Å². The number of halogens is 1. The smallest absolute Gasteiger partial charge is 0.123 e. The van der Waals surface area contributed by atoms with Gasteiger partial charge in [0.1, 0.15) is 5.82 Å². The van der Waals surface area contributed by atoms with Crippen molar-refractivity contribution in [2.45, 2.75) is 37.8 Å². The second-order valence-electron chi connectivity index (χ2n) is 7.68. The molecule has 2 heterocycles. The summed E-state index contributed by atoms with van der Waals surface area (Å²) in [7, 11) is 0. The van der Waals surface area contributed by atoms with Gasteiger partial charge in [-0.1, -0.05) is 12.1 Å². The number of rotatable bonds is 3. The molecule has 1 saturated heterocycles. The van der Waals surface area contributed by atoms with Gasteiger partial charge in [-0.05, 0) is 79.5 Å². The predicted molar refractivity (Wildman–Crippen MR) is 95.3 cm³/mol. The molecule has 3 atom stereocenters. The van der Waals surface area contributed by atoms with Crippen LogP contribution < -0.4 is 0 Å². The first kappa shape index (κ1) is 16.7. The summed E-state index contributed by atoms with van der Waals surface area (Å²) in [6, 6.07) is 10.6. The Labute approximate surface area is 148 Å². The highest BCUT2D eigenvalue weighted by Gasteiger charge is 2.42. The maximum Gasteiger partial charge on any atom is 0.123 e. The van der Waals surface area contributed by atoms with E-state index in [1.54, 1.807) is 12.1 Å². The van der Waals surface area contributed by atoms with Gasteiger partial charge in [-0.3, -0.25) is 9.88 Å². The molecule has 3 nitrogen and oxygen atoms in total. The van der Waals surface area contributed by atoms with Crippen LogP contribution >= 0.6 is 0 Å². The van der Waals surface area contributed by atoms with Crippen LogP contribution in [0, 0.1) is 17.7 Å². The average molecular weight is 340 g/mol. The van der Waals surface area contributed by atoms with Gasteiger partial charge in [0.15, 0.2) is 0 Å². The number of likely N-dealkylation sites (tertiary alicyclic amines) is 1. The first-order chi connectivity index (χ1) is 12.1. The Bertz CT molecular complexity index is 706. The number of hydrogen-bond donors (Lipinski definition) is 1. The number of benzene rings is 1. The summed E-state index contributed by atoms with van der Waals surface area (Å²) >= 11 is 0. The van der Waals surface area contributed by atoms with Crippen LogP contribution in [0.3, 0.4) is 0 Å². The van der Waals surface area contributed by atoms with Crippen LogP contribution in [0.25, 0.3) is 0 Å². The topological polar surface area (TPSA) is 36.4 Å². The van der Waals surface area contributed by atoms with E-state index in [2.05, 4.69) is 22.0 Å². The molecule has 25 heavy (non-hydrogen) atoms. The van der Waals surface area contributed by atoms with E-state index in [4.69, 9.17) is 0 Å². The molecule has 132 valence electrons. The number of aliphatic hydroxyl groups is 1. The summed E-state index contributed by atoms with van der Waals surface area (Å²) in [4.78, 5) is 6.61. The summed E-state index contributed by atoms with van der Waals surface area (Å²) in [5.41, 5.74) is 1.39. The van der Waals surface area contributed by atoms with E-state index >= 15 is 0 Å². The molecular weight excluding hydrogens is 315 g/mol. The van der Waals surface area contributed by atoms with Crippen LogP contribution in [0.2, 0.25) is 0 Å². The monoisotopic (exact) mass is 340 g/mol. The number of piperidine rings is 1. The fraction of sp³-hybridized carbons (Fsp3) is 0.476. The molecule has 2 aliphatic rings. The van der Waals surface area contributed by atoms with Gasteiger partial charge in [0.05, 0.1) is 5.60 Å². The van der Waals surface area contributed by atoms with E-state index in [1.165, 1.54) is 17.7 Å². The summed E-state index contributed by atoms with van der Waals surface area (Å²) in [5, 5.41) is 11.1. The van der Waals surface area contributed by atoms with E-state index in [9.17, 15) is 9.50 Å². The van der Waals surface area contributed by atoms with Crippen molar-refractivity contribution in [1.82, 2.24) is 9.88 Å². The van der Waals surface area contributed by atoms with E-state index in [0.717, 1.165) is 50.9 Å². The van der Waals surface area contributed by atoms with E-state index in [0.29, 0.717) is 11.8 Å². The van der Waals surface area contributed by atoms with Crippen LogP contribution in [0.5, 0.6) is 0 Å². The summed E-state index contributed by atoms with van der Waals surface area (Å²) in [5.74, 6) is 0.958. The number of hydrogen-bond acceptors (Lipinski definition) is 3. The fourth-order valence-electron chi connectivity index (χ4n) is 4.62. The van der Waals surface area contributed by atoms with E-state index in [-0.39, 0.29) is 5.82 Å². The molecule has 1 aromatic heterocycles. The molecule has 2 aromatic rings. The Balaban J connectivity index is 1.40. The number of fused-ring (bicyclic) bond motifs is 1. The Morgan fingerprint density at radius 1 is 1.08 bits per heavy atom. The van der Waals surface area contributed by atoms with Crippen molar-refractivity contribution in [2.24, 2.45) is 11.8 Å². The van der Waals surface area contributed by atoms with Gasteiger partial charge >= 0.3 is 0 Å². The number of aromatic nitrogens is 1. The molecule has 0 spiro atoms. The van der Waals surface area contributed by atoms with Crippen LogP contribution in [0.4, 0.5) is 4.39 Å². The molecule has 1 saturated carbocycles. The van der Waals surface area contributed by atoms with E-state index in [1.807, 2.05) is 12.4 Å². The van der Waals surface area contributed by atoms with Gasteiger partial charge in [-0.2, -0.15) is 0 Å². The highest BCUT2D eigenvalue weighted by Crippen LogP contribution is 2.46. The lowest BCUT2D eigenvalue weighted by Crippen LogP contribution is -2.46. The minimum absolute atomic E-state index is 0.245. The molecule has 2 fully saturated rings. The second-order valence-corrected chi connectivity index (χ2v) is 7.68. The lowest BCUT2D eigenvalue weighted by atomic mass is 9.66. The summed E-state index contributed by atoms with van der Waals surface area (Å²) < 4.78 is 13.2. The predicted octanol–water partition coefficient (Wildman–Crippen LogP) is 3.73. The van der Waals surface area contributed by atoms with Gasteiger partial charge < -0.3 is 5.11 Å². The molecule has 1 aromatic carbocycles. The SMILES string of the molecule is OC1(c2ccc(F)cc2)CC[C@H]2CN(Cc3ccncc3)CC[C@H]2C1. The van der Waals surface area contributed by atoms with Gasteiger partial charge in [0, 0.05) is 25.5 Å². The Kier molecular flexibility index (Phi) is 4.57. The molecular formula is C21H25FN2O. The van der Waals surface area contributed by atoms with E-state index < -0.39 is 5.60 Å². The fourth-order valence-corrected chi connectivity index (χ4v) is 4.62. The average Bonchev–Trinajstić information content (AvgIpc) is 2.63. The molecule has 4 heteroatoms. The van der Waals surface area contributed by atoms with Crippen LogP contribution in [0.15, 0.2) is 48.8 Å². The molecule has 0 radical (unpaired) electrons. The highest BCUT2D eigenvalue weighted by atomic mass is 19.1. The molecule has 1 N–H and O–H groups in total. The van der Waals surface area contributed by atoms with Crippen molar-refractivity contribution in [3.8, 4) is 0 Å². The summed E-state index contributed by atoms with van der Waals surface area (Å²) in [6.45, 7) is 3.16. The highest BCUT2D eigenvalue weighted by molar-refractivity contribution is 5.24. The zero-order valence-corrected chi connectivity index (χ0v) is 14.4. The first-order valence-electron chi connectivity index (χ1n) is 9.22. The number of pyridine rings is 1. The normalized spacial score (nSPS) is 30.0. The zero-order chi connectivity index (χ0) is 17.3. The quantitative estimate of drug-likeness (QED) is 0.925. The van der Waals surface area contributed by atoms with Crippen molar-refractivity contribution in [3.63, 3.8) is 0 Å². The lowest BCUT2D eigenvalue weighted by molar-refractivity contribution is -0.0616. The molecule has 0 bridgehead atoms. The molecule has 1 aliphatic carbocycles. The Morgan fingerprint density at radius 3 is 2.60 bits per heavy atom.